The topological polar surface area (TPSA) is 0 Å². The Kier molecular flexibility index (Phi) is 1.44. The molecule has 1 heterocycles. The predicted molar refractivity (Wildman–Crippen MR) is 50.7 cm³/mol. The van der Waals surface area contributed by atoms with E-state index in [-0.39, 0.29) is 20.9 Å². The predicted octanol–water partition coefficient (Wildman–Crippen LogP) is 2.17. The molecule has 0 aromatic carbocycles. The van der Waals surface area contributed by atoms with Gasteiger partial charge < -0.3 is 0 Å². The second kappa shape index (κ2) is 2.49. The van der Waals surface area contributed by atoms with Crippen molar-refractivity contribution in [1.82, 2.24) is 0 Å². The summed E-state index contributed by atoms with van der Waals surface area (Å²) in [4.78, 5) is 0. The number of rotatable bonds is 0. The summed E-state index contributed by atoms with van der Waals surface area (Å²) in [5.74, 6) is 0. The van der Waals surface area contributed by atoms with Gasteiger partial charge in [0.2, 0.25) is 0 Å². The van der Waals surface area contributed by atoms with Crippen LogP contribution in [0.15, 0.2) is 51.2 Å². The van der Waals surface area contributed by atoms with Gasteiger partial charge in [0, 0.05) is 0 Å². The van der Waals surface area contributed by atoms with E-state index in [1.807, 2.05) is 0 Å². The molecule has 0 N–H and O–H groups in total. The first-order valence-electron chi connectivity index (χ1n) is 3.99. The van der Waals surface area contributed by atoms with Crippen molar-refractivity contribution in [3.05, 3.63) is 57.3 Å². The molecule has 1 radical (unpaired) electrons. The van der Waals surface area contributed by atoms with Crippen LogP contribution in [0, 0.1) is 6.08 Å². The van der Waals surface area contributed by atoms with Crippen molar-refractivity contribution in [3.63, 3.8) is 0 Å². The van der Waals surface area contributed by atoms with Gasteiger partial charge in [-0.15, -0.1) is 0 Å². The van der Waals surface area contributed by atoms with E-state index in [0.717, 1.165) is 3.97 Å². The van der Waals surface area contributed by atoms with Crippen LogP contribution >= 0.6 is 0 Å². The zero-order chi connectivity index (χ0) is 7.97. The Morgan fingerprint density at radius 2 is 2.33 bits per heavy atom. The number of fused-ring (bicyclic) bond motifs is 2. The molecule has 0 bridgehead atoms. The van der Waals surface area contributed by atoms with Gasteiger partial charge in [-0.25, -0.2) is 0 Å². The van der Waals surface area contributed by atoms with Crippen LogP contribution in [0.3, 0.4) is 0 Å². The van der Waals surface area contributed by atoms with E-state index in [1.165, 1.54) is 16.7 Å². The van der Waals surface area contributed by atoms with Crippen LogP contribution in [0.25, 0.3) is 0 Å². The third kappa shape index (κ3) is 0.905. The quantitative estimate of drug-likeness (QED) is 0.590. The van der Waals surface area contributed by atoms with Crippen molar-refractivity contribution in [2.75, 3.05) is 0 Å². The molecule has 0 nitrogen and oxygen atoms in total. The molecule has 0 aromatic heterocycles. The van der Waals surface area contributed by atoms with Crippen molar-refractivity contribution in [2.24, 2.45) is 0 Å². The SMILES string of the molecule is [C]1=C[Te]C2C=C3C=CC=C3C=C12. The fourth-order valence-electron chi connectivity index (χ4n) is 1.65. The Balaban J connectivity index is 2.12. The van der Waals surface area contributed by atoms with Gasteiger partial charge in [0.1, 0.15) is 0 Å². The number of allylic oxidation sites excluding steroid dienone is 9. The van der Waals surface area contributed by atoms with Gasteiger partial charge in [-0.05, 0) is 0 Å². The zero-order valence-corrected chi connectivity index (χ0v) is 8.78. The van der Waals surface area contributed by atoms with E-state index in [9.17, 15) is 0 Å². The van der Waals surface area contributed by atoms with E-state index in [1.54, 1.807) is 0 Å². The van der Waals surface area contributed by atoms with Crippen LogP contribution in [0.2, 0.25) is 3.97 Å². The fraction of sp³-hybridized carbons (Fsp3) is 0.0909. The maximum absolute atomic E-state index is 3.35. The molecule has 0 saturated carbocycles. The molecular formula is C11H7Te. The third-order valence-electron chi connectivity index (χ3n) is 2.27. The minimum absolute atomic E-state index is 0.0465. The molecule has 0 saturated heterocycles. The van der Waals surface area contributed by atoms with Gasteiger partial charge in [0.15, 0.2) is 0 Å². The summed E-state index contributed by atoms with van der Waals surface area (Å²) in [6.07, 6.45) is 14.6. The van der Waals surface area contributed by atoms with Gasteiger partial charge in [-0.3, -0.25) is 0 Å². The van der Waals surface area contributed by atoms with Crippen LogP contribution in [0.5, 0.6) is 0 Å². The summed E-state index contributed by atoms with van der Waals surface area (Å²) in [6, 6.07) is 0. The Bertz CT molecular complexity index is 378. The first-order valence-corrected chi connectivity index (χ1v) is 6.68. The van der Waals surface area contributed by atoms with Crippen molar-refractivity contribution >= 4 is 20.9 Å². The Labute approximate surface area is 82.1 Å². The molecule has 0 aromatic rings. The van der Waals surface area contributed by atoms with E-state index < -0.39 is 0 Å². The number of hydrogen-bond donors (Lipinski definition) is 0. The molecule has 1 atom stereocenters. The average Bonchev–Trinajstić information content (AvgIpc) is 2.64. The summed E-state index contributed by atoms with van der Waals surface area (Å²) < 4.78 is 3.01. The molecule has 0 fully saturated rings. The van der Waals surface area contributed by atoms with E-state index in [0.29, 0.717) is 0 Å². The molecule has 1 unspecified atom stereocenters. The first kappa shape index (κ1) is 6.95. The van der Waals surface area contributed by atoms with Crippen LogP contribution in [-0.2, 0) is 0 Å². The van der Waals surface area contributed by atoms with Crippen molar-refractivity contribution < 1.29 is 0 Å². The molecule has 0 spiro atoms. The molecule has 0 amide bonds. The molecular weight excluding hydrogens is 260 g/mol. The van der Waals surface area contributed by atoms with Gasteiger partial charge in [-0.1, -0.05) is 0 Å². The summed E-state index contributed by atoms with van der Waals surface area (Å²) in [5.41, 5.74) is 4.21. The van der Waals surface area contributed by atoms with Crippen LogP contribution in [0.4, 0.5) is 0 Å². The fourth-order valence-corrected chi connectivity index (χ4v) is 4.10. The molecule has 2 aliphatic carbocycles. The van der Waals surface area contributed by atoms with Crippen LogP contribution in [0.1, 0.15) is 0 Å². The molecule has 1 aliphatic heterocycles. The molecule has 57 valence electrons. The summed E-state index contributed by atoms with van der Waals surface area (Å²) in [7, 11) is 0. The third-order valence-corrected chi connectivity index (χ3v) is 4.95. The van der Waals surface area contributed by atoms with Crippen molar-refractivity contribution in [2.45, 2.75) is 3.97 Å². The van der Waals surface area contributed by atoms with Gasteiger partial charge >= 0.3 is 82.2 Å². The van der Waals surface area contributed by atoms with Crippen molar-refractivity contribution in [1.29, 1.82) is 0 Å². The van der Waals surface area contributed by atoms with Crippen molar-refractivity contribution in [3.8, 4) is 0 Å². The van der Waals surface area contributed by atoms with Crippen LogP contribution < -0.4 is 0 Å². The standard InChI is InChI=1S/C11H7Te/c1-2-8-6-10-4-5-12-11(10)7-9(8)3-1/h1-3,5-7,11H. The summed E-state index contributed by atoms with van der Waals surface area (Å²) >= 11 is 0.0465. The second-order valence-corrected chi connectivity index (χ2v) is 5.92. The first-order chi connectivity index (χ1) is 5.93. The summed E-state index contributed by atoms with van der Waals surface area (Å²) in [5, 5.41) is 0. The summed E-state index contributed by atoms with van der Waals surface area (Å²) in [6.45, 7) is 0. The average molecular weight is 267 g/mol. The second-order valence-electron chi connectivity index (χ2n) is 3.02. The molecule has 12 heavy (non-hydrogen) atoms. The maximum atomic E-state index is 3.35. The van der Waals surface area contributed by atoms with E-state index in [2.05, 4.69) is 40.6 Å². The van der Waals surface area contributed by atoms with Crippen LogP contribution in [-0.4, -0.2) is 20.9 Å². The van der Waals surface area contributed by atoms with E-state index in [4.69, 9.17) is 0 Å². The number of hydrogen-bond acceptors (Lipinski definition) is 0. The molecule has 3 aliphatic rings. The van der Waals surface area contributed by atoms with Gasteiger partial charge in [-0.2, -0.15) is 0 Å². The molecule has 1 heteroatoms. The Morgan fingerprint density at radius 3 is 3.33 bits per heavy atom. The normalized spacial score (nSPS) is 29.3. The molecule has 3 rings (SSSR count). The van der Waals surface area contributed by atoms with Gasteiger partial charge in [0.05, 0.1) is 0 Å². The Morgan fingerprint density at radius 1 is 1.33 bits per heavy atom. The Hall–Kier alpha value is -0.510. The monoisotopic (exact) mass is 269 g/mol. The zero-order valence-electron chi connectivity index (χ0n) is 6.45. The van der Waals surface area contributed by atoms with E-state index >= 15 is 0 Å². The van der Waals surface area contributed by atoms with Gasteiger partial charge in [0.25, 0.3) is 0 Å². The minimum atomic E-state index is 0.0465.